The molecule has 152 valence electrons. The van der Waals surface area contributed by atoms with E-state index in [1.54, 1.807) is 12.1 Å². The summed E-state index contributed by atoms with van der Waals surface area (Å²) < 4.78 is 10.8. The summed E-state index contributed by atoms with van der Waals surface area (Å²) in [4.78, 5) is 35.8. The van der Waals surface area contributed by atoms with Crippen LogP contribution in [-0.2, 0) is 14.3 Å². The third kappa shape index (κ3) is 5.04. The molecule has 1 heterocycles. The van der Waals surface area contributed by atoms with E-state index in [0.29, 0.717) is 11.3 Å². The first-order chi connectivity index (χ1) is 13.8. The van der Waals surface area contributed by atoms with Gasteiger partial charge in [-0.25, -0.2) is 4.79 Å². The van der Waals surface area contributed by atoms with Crippen molar-refractivity contribution >= 4 is 45.5 Å². The summed E-state index contributed by atoms with van der Waals surface area (Å²) in [6, 6.07) is 11.7. The molecular formula is C21H23N3O5. The largest absolute Gasteiger partial charge is 0.456 e. The summed E-state index contributed by atoms with van der Waals surface area (Å²) in [5.41, 5.74) is 7.03. The molecule has 0 saturated heterocycles. The van der Waals surface area contributed by atoms with Gasteiger partial charge in [0.25, 0.3) is 0 Å². The molecule has 8 nitrogen and oxygen atoms in total. The lowest BCUT2D eigenvalue weighted by Crippen LogP contribution is -2.46. The summed E-state index contributed by atoms with van der Waals surface area (Å²) in [6.45, 7) is 3.96. The smallest absolute Gasteiger partial charge is 0.407 e. The number of amides is 3. The van der Waals surface area contributed by atoms with Gasteiger partial charge in [-0.2, -0.15) is 0 Å². The van der Waals surface area contributed by atoms with Crippen molar-refractivity contribution in [3.05, 3.63) is 42.5 Å². The predicted molar refractivity (Wildman–Crippen MR) is 109 cm³/mol. The lowest BCUT2D eigenvalue weighted by molar-refractivity contribution is -0.123. The highest BCUT2D eigenvalue weighted by atomic mass is 16.5. The molecule has 0 saturated carbocycles. The summed E-state index contributed by atoms with van der Waals surface area (Å²) in [5, 5.41) is 6.95. The number of alkyl carbamates (subject to hydrolysis) is 1. The van der Waals surface area contributed by atoms with Crippen LogP contribution in [0.1, 0.15) is 20.3 Å². The van der Waals surface area contributed by atoms with E-state index in [0.717, 1.165) is 16.4 Å². The van der Waals surface area contributed by atoms with E-state index in [4.69, 9.17) is 14.9 Å². The van der Waals surface area contributed by atoms with Crippen LogP contribution in [0, 0.1) is 5.92 Å². The molecule has 4 N–H and O–H groups in total. The number of nitrogens with two attached hydrogens (primary N) is 1. The number of rotatable bonds is 7. The van der Waals surface area contributed by atoms with Gasteiger partial charge in [0.15, 0.2) is 0 Å². The molecule has 0 bridgehead atoms. The Morgan fingerprint density at radius 3 is 2.52 bits per heavy atom. The van der Waals surface area contributed by atoms with Gasteiger partial charge in [0.05, 0.1) is 13.0 Å². The number of hydrogen-bond acceptors (Lipinski definition) is 5. The van der Waals surface area contributed by atoms with Gasteiger partial charge >= 0.3 is 6.09 Å². The Kier molecular flexibility index (Phi) is 6.01. The van der Waals surface area contributed by atoms with Gasteiger partial charge in [0, 0.05) is 22.5 Å². The van der Waals surface area contributed by atoms with Crippen LogP contribution in [0.4, 0.5) is 10.5 Å². The van der Waals surface area contributed by atoms with Gasteiger partial charge in [-0.3, -0.25) is 9.59 Å². The minimum absolute atomic E-state index is 0.139. The molecule has 0 aliphatic rings. The number of primary amides is 1. The zero-order valence-corrected chi connectivity index (χ0v) is 16.2. The Hall–Kier alpha value is -3.55. The number of anilines is 1. The van der Waals surface area contributed by atoms with Crippen LogP contribution < -0.4 is 16.4 Å². The Morgan fingerprint density at radius 1 is 1.07 bits per heavy atom. The Labute approximate surface area is 167 Å². The van der Waals surface area contributed by atoms with Crippen molar-refractivity contribution in [3.63, 3.8) is 0 Å². The molecule has 1 atom stereocenters. The van der Waals surface area contributed by atoms with Crippen LogP contribution in [0.25, 0.3) is 21.9 Å². The van der Waals surface area contributed by atoms with E-state index >= 15 is 0 Å². The maximum atomic E-state index is 12.6. The van der Waals surface area contributed by atoms with Crippen LogP contribution in [-0.4, -0.2) is 30.6 Å². The molecule has 0 unspecified atom stereocenters. The van der Waals surface area contributed by atoms with E-state index < -0.39 is 23.9 Å². The maximum absolute atomic E-state index is 12.6. The quantitative estimate of drug-likeness (QED) is 0.565. The van der Waals surface area contributed by atoms with Crippen LogP contribution in [0.15, 0.2) is 46.9 Å². The Bertz CT molecular complexity index is 1060. The standard InChI is InChI=1S/C21H23N3O5/c1-12(2)11-28-21(27)24-16(10-19(22)25)20(26)23-13-7-8-15-14-5-3-4-6-17(14)29-18(15)9-13/h3-9,12,16H,10-11H2,1-2H3,(H2,22,25)(H,23,26)(H,24,27)/t16-/m0/s1. The zero-order chi connectivity index (χ0) is 21.0. The first kappa shape index (κ1) is 20.2. The van der Waals surface area contributed by atoms with Crippen LogP contribution in [0.3, 0.4) is 0 Å². The average molecular weight is 397 g/mol. The molecular weight excluding hydrogens is 374 g/mol. The van der Waals surface area contributed by atoms with Gasteiger partial charge in [-0.1, -0.05) is 32.0 Å². The number of nitrogens with one attached hydrogen (secondary N) is 2. The van der Waals surface area contributed by atoms with E-state index in [2.05, 4.69) is 10.6 Å². The fraction of sp³-hybridized carbons (Fsp3) is 0.286. The molecule has 8 heteroatoms. The summed E-state index contributed by atoms with van der Waals surface area (Å²) >= 11 is 0. The fourth-order valence-corrected chi connectivity index (χ4v) is 2.87. The second-order valence-corrected chi connectivity index (χ2v) is 7.16. The van der Waals surface area contributed by atoms with Crippen molar-refractivity contribution in [2.24, 2.45) is 11.7 Å². The number of carbonyl (C=O) groups excluding carboxylic acids is 3. The summed E-state index contributed by atoms with van der Waals surface area (Å²) in [6.07, 6.45) is -1.14. The van der Waals surface area contributed by atoms with Crippen molar-refractivity contribution in [3.8, 4) is 0 Å². The Balaban J connectivity index is 1.74. The van der Waals surface area contributed by atoms with Gasteiger partial charge in [0.1, 0.15) is 17.2 Å². The molecule has 3 amide bonds. The van der Waals surface area contributed by atoms with E-state index in [1.165, 1.54) is 0 Å². The predicted octanol–water partition coefficient (Wildman–Crippen LogP) is 3.15. The molecule has 0 spiro atoms. The normalized spacial score (nSPS) is 12.1. The molecule has 0 fully saturated rings. The van der Waals surface area contributed by atoms with Gasteiger partial charge < -0.3 is 25.5 Å². The molecule has 0 radical (unpaired) electrons. The minimum Gasteiger partial charge on any atom is -0.456 e. The number of benzene rings is 2. The molecule has 1 aromatic heterocycles. The third-order valence-electron chi connectivity index (χ3n) is 4.21. The number of para-hydroxylation sites is 1. The molecule has 3 aromatic rings. The van der Waals surface area contributed by atoms with E-state index in [-0.39, 0.29) is 18.9 Å². The first-order valence-electron chi connectivity index (χ1n) is 9.27. The molecule has 0 aliphatic carbocycles. The van der Waals surface area contributed by atoms with Crippen molar-refractivity contribution in [2.75, 3.05) is 11.9 Å². The topological polar surface area (TPSA) is 124 Å². The van der Waals surface area contributed by atoms with E-state index in [1.807, 2.05) is 44.2 Å². The first-order valence-corrected chi connectivity index (χ1v) is 9.27. The highest BCUT2D eigenvalue weighted by Gasteiger charge is 2.24. The Morgan fingerprint density at radius 2 is 1.79 bits per heavy atom. The third-order valence-corrected chi connectivity index (χ3v) is 4.21. The van der Waals surface area contributed by atoms with Crippen molar-refractivity contribution in [2.45, 2.75) is 26.3 Å². The number of ether oxygens (including phenoxy) is 1. The fourth-order valence-electron chi connectivity index (χ4n) is 2.87. The maximum Gasteiger partial charge on any atom is 0.407 e. The van der Waals surface area contributed by atoms with Gasteiger partial charge in [-0.15, -0.1) is 0 Å². The lowest BCUT2D eigenvalue weighted by Gasteiger charge is -2.17. The average Bonchev–Trinajstić information content (AvgIpc) is 3.03. The monoisotopic (exact) mass is 397 g/mol. The minimum atomic E-state index is -1.15. The van der Waals surface area contributed by atoms with Crippen molar-refractivity contribution < 1.29 is 23.5 Å². The molecule has 29 heavy (non-hydrogen) atoms. The molecule has 2 aromatic carbocycles. The summed E-state index contributed by atoms with van der Waals surface area (Å²) in [7, 11) is 0. The number of fused-ring (bicyclic) bond motifs is 3. The second kappa shape index (κ2) is 8.64. The van der Waals surface area contributed by atoms with Crippen LogP contribution in [0.5, 0.6) is 0 Å². The zero-order valence-electron chi connectivity index (χ0n) is 16.2. The van der Waals surface area contributed by atoms with Crippen LogP contribution in [0.2, 0.25) is 0 Å². The van der Waals surface area contributed by atoms with Crippen LogP contribution >= 0.6 is 0 Å². The van der Waals surface area contributed by atoms with Gasteiger partial charge in [-0.05, 0) is 24.1 Å². The number of hydrogen-bond donors (Lipinski definition) is 3. The van der Waals surface area contributed by atoms with Crippen molar-refractivity contribution in [1.29, 1.82) is 0 Å². The van der Waals surface area contributed by atoms with E-state index in [9.17, 15) is 14.4 Å². The lowest BCUT2D eigenvalue weighted by atomic mass is 10.1. The van der Waals surface area contributed by atoms with Crippen molar-refractivity contribution in [1.82, 2.24) is 5.32 Å². The highest BCUT2D eigenvalue weighted by molar-refractivity contribution is 6.07. The van der Waals surface area contributed by atoms with Gasteiger partial charge in [0.2, 0.25) is 11.8 Å². The molecule has 0 aliphatic heterocycles. The summed E-state index contributed by atoms with van der Waals surface area (Å²) in [5.74, 6) is -1.16. The number of carbonyl (C=O) groups is 3. The second-order valence-electron chi connectivity index (χ2n) is 7.16. The SMILES string of the molecule is CC(C)COC(=O)N[C@@H](CC(N)=O)C(=O)Nc1ccc2c(c1)oc1ccccc12. The number of furan rings is 1. The molecule has 3 rings (SSSR count). The highest BCUT2D eigenvalue weighted by Crippen LogP contribution is 2.30.